The van der Waals surface area contributed by atoms with E-state index in [4.69, 9.17) is 5.11 Å². The molecule has 2 heteroatoms. The van der Waals surface area contributed by atoms with Gasteiger partial charge in [0.15, 0.2) is 0 Å². The zero-order valence-corrected chi connectivity index (χ0v) is 8.96. The molecule has 1 atom stereocenters. The molecule has 0 aliphatic rings. The van der Waals surface area contributed by atoms with Crippen molar-refractivity contribution in [2.75, 3.05) is 13.6 Å². The second-order valence-electron chi connectivity index (χ2n) is 3.70. The fourth-order valence-corrected chi connectivity index (χ4v) is 1.61. The zero-order valence-electron chi connectivity index (χ0n) is 8.96. The normalized spacial score (nSPS) is 12.7. The summed E-state index contributed by atoms with van der Waals surface area (Å²) in [5, 5.41) is 12.3. The molecule has 0 aliphatic carbocycles. The van der Waals surface area contributed by atoms with E-state index in [0.29, 0.717) is 11.7 Å². The molecule has 78 valence electrons. The third-order valence-electron chi connectivity index (χ3n) is 2.53. The zero-order chi connectivity index (χ0) is 10.4. The largest absolute Gasteiger partial charge is 0.508 e. The van der Waals surface area contributed by atoms with E-state index < -0.39 is 0 Å². The Labute approximate surface area is 86.0 Å². The van der Waals surface area contributed by atoms with Crippen LogP contribution in [0.3, 0.4) is 0 Å². The summed E-state index contributed by atoms with van der Waals surface area (Å²) in [5.41, 5.74) is 1.30. The van der Waals surface area contributed by atoms with Crippen molar-refractivity contribution in [3.63, 3.8) is 0 Å². The van der Waals surface area contributed by atoms with E-state index in [-0.39, 0.29) is 0 Å². The molecule has 0 fully saturated rings. The summed E-state index contributed by atoms with van der Waals surface area (Å²) in [6.45, 7) is 3.26. The van der Waals surface area contributed by atoms with Gasteiger partial charge in [0.25, 0.3) is 0 Å². The Balaban J connectivity index is 2.53. The second-order valence-corrected chi connectivity index (χ2v) is 3.70. The molecule has 0 aliphatic heterocycles. The predicted octanol–water partition coefficient (Wildman–Crippen LogP) is 2.18. The minimum Gasteiger partial charge on any atom is -0.508 e. The summed E-state index contributed by atoms with van der Waals surface area (Å²) >= 11 is 0. The molecule has 0 saturated heterocycles. The molecule has 0 heterocycles. The van der Waals surface area contributed by atoms with Crippen LogP contribution in [-0.2, 0) is 6.42 Å². The van der Waals surface area contributed by atoms with Gasteiger partial charge in [-0.1, -0.05) is 25.5 Å². The van der Waals surface area contributed by atoms with Crippen LogP contribution in [-0.4, -0.2) is 18.7 Å². The Hall–Kier alpha value is -1.02. The monoisotopic (exact) mass is 193 g/mol. The first-order chi connectivity index (χ1) is 6.76. The molecular formula is C12H19NO. The lowest BCUT2D eigenvalue weighted by Gasteiger charge is -2.13. The van der Waals surface area contributed by atoms with Crippen molar-refractivity contribution in [2.45, 2.75) is 19.8 Å². The molecule has 1 unspecified atom stereocenters. The molecule has 0 radical (unpaired) electrons. The Bertz CT molecular complexity index is 256. The first-order valence-corrected chi connectivity index (χ1v) is 5.18. The Morgan fingerprint density at radius 1 is 1.29 bits per heavy atom. The van der Waals surface area contributed by atoms with E-state index in [1.165, 1.54) is 12.0 Å². The van der Waals surface area contributed by atoms with Gasteiger partial charge in [-0.15, -0.1) is 0 Å². The number of hydrogen-bond donors (Lipinski definition) is 2. The van der Waals surface area contributed by atoms with Gasteiger partial charge in [-0.2, -0.15) is 0 Å². The number of nitrogens with one attached hydrogen (secondary N) is 1. The van der Waals surface area contributed by atoms with Gasteiger partial charge in [0.1, 0.15) is 5.75 Å². The highest BCUT2D eigenvalue weighted by Gasteiger charge is 2.05. The van der Waals surface area contributed by atoms with Gasteiger partial charge in [0.05, 0.1) is 0 Å². The maximum Gasteiger partial charge on any atom is 0.115 e. The Morgan fingerprint density at radius 2 is 1.93 bits per heavy atom. The lowest BCUT2D eigenvalue weighted by molar-refractivity contribution is 0.471. The van der Waals surface area contributed by atoms with Gasteiger partial charge in [-0.3, -0.25) is 0 Å². The van der Waals surface area contributed by atoms with Crippen molar-refractivity contribution in [1.29, 1.82) is 0 Å². The van der Waals surface area contributed by atoms with Crippen LogP contribution in [0, 0.1) is 5.92 Å². The first kappa shape index (κ1) is 11.1. The molecule has 1 aromatic carbocycles. The van der Waals surface area contributed by atoms with Gasteiger partial charge < -0.3 is 10.4 Å². The highest BCUT2D eigenvalue weighted by atomic mass is 16.3. The van der Waals surface area contributed by atoms with Crippen molar-refractivity contribution in [1.82, 2.24) is 5.32 Å². The molecule has 1 aromatic rings. The number of benzene rings is 1. The maximum absolute atomic E-state index is 9.14. The van der Waals surface area contributed by atoms with Crippen LogP contribution in [0.4, 0.5) is 0 Å². The fraction of sp³-hybridized carbons (Fsp3) is 0.500. The van der Waals surface area contributed by atoms with Crippen molar-refractivity contribution in [3.05, 3.63) is 29.8 Å². The van der Waals surface area contributed by atoms with Gasteiger partial charge in [-0.25, -0.2) is 0 Å². The number of phenols is 1. The number of rotatable bonds is 5. The van der Waals surface area contributed by atoms with Crippen LogP contribution in [0.5, 0.6) is 5.75 Å². The standard InChI is InChI=1S/C12H19NO/c1-3-10(9-13-2)8-11-4-6-12(14)7-5-11/h4-7,10,13-14H,3,8-9H2,1-2H3. The topological polar surface area (TPSA) is 32.3 Å². The second kappa shape index (κ2) is 5.66. The molecule has 0 aromatic heterocycles. The lowest BCUT2D eigenvalue weighted by atomic mass is 9.97. The smallest absolute Gasteiger partial charge is 0.115 e. The number of phenolic OH excluding ortho intramolecular Hbond substituents is 1. The fourth-order valence-electron chi connectivity index (χ4n) is 1.61. The minimum absolute atomic E-state index is 0.343. The summed E-state index contributed by atoms with van der Waals surface area (Å²) in [4.78, 5) is 0. The quantitative estimate of drug-likeness (QED) is 0.751. The van der Waals surface area contributed by atoms with Crippen LogP contribution in [0.15, 0.2) is 24.3 Å². The average Bonchev–Trinajstić information content (AvgIpc) is 2.20. The van der Waals surface area contributed by atoms with Gasteiger partial charge in [-0.05, 0) is 43.6 Å². The van der Waals surface area contributed by atoms with Gasteiger partial charge >= 0.3 is 0 Å². The highest BCUT2D eigenvalue weighted by Crippen LogP contribution is 2.15. The highest BCUT2D eigenvalue weighted by molar-refractivity contribution is 5.26. The van der Waals surface area contributed by atoms with E-state index in [9.17, 15) is 0 Å². The van der Waals surface area contributed by atoms with Crippen LogP contribution >= 0.6 is 0 Å². The maximum atomic E-state index is 9.14. The van der Waals surface area contributed by atoms with Gasteiger partial charge in [0.2, 0.25) is 0 Å². The minimum atomic E-state index is 0.343. The summed E-state index contributed by atoms with van der Waals surface area (Å²) in [6, 6.07) is 7.49. The molecule has 0 amide bonds. The van der Waals surface area contributed by atoms with Crippen LogP contribution in [0.25, 0.3) is 0 Å². The van der Waals surface area contributed by atoms with Crippen molar-refractivity contribution < 1.29 is 5.11 Å². The third-order valence-corrected chi connectivity index (χ3v) is 2.53. The summed E-state index contributed by atoms with van der Waals surface area (Å²) in [6.07, 6.45) is 2.26. The first-order valence-electron chi connectivity index (χ1n) is 5.18. The summed E-state index contributed by atoms with van der Waals surface area (Å²) in [5.74, 6) is 1.03. The van der Waals surface area contributed by atoms with Crippen LogP contribution in [0.2, 0.25) is 0 Å². The molecule has 0 spiro atoms. The van der Waals surface area contributed by atoms with E-state index in [1.807, 2.05) is 19.2 Å². The molecule has 0 bridgehead atoms. The molecule has 2 N–H and O–H groups in total. The molecule has 14 heavy (non-hydrogen) atoms. The van der Waals surface area contributed by atoms with Crippen LogP contribution < -0.4 is 5.32 Å². The molecule has 0 saturated carbocycles. The Morgan fingerprint density at radius 3 is 2.43 bits per heavy atom. The van der Waals surface area contributed by atoms with E-state index in [1.54, 1.807) is 12.1 Å². The molecule has 2 nitrogen and oxygen atoms in total. The van der Waals surface area contributed by atoms with Crippen LogP contribution in [0.1, 0.15) is 18.9 Å². The lowest BCUT2D eigenvalue weighted by Crippen LogP contribution is -2.19. The van der Waals surface area contributed by atoms with Crippen molar-refractivity contribution in [2.24, 2.45) is 5.92 Å². The van der Waals surface area contributed by atoms with E-state index in [0.717, 1.165) is 13.0 Å². The van der Waals surface area contributed by atoms with Crippen molar-refractivity contribution >= 4 is 0 Å². The predicted molar refractivity (Wildman–Crippen MR) is 59.5 cm³/mol. The molecule has 1 rings (SSSR count). The SMILES string of the molecule is CCC(CNC)Cc1ccc(O)cc1. The summed E-state index contributed by atoms with van der Waals surface area (Å²) < 4.78 is 0. The number of hydrogen-bond acceptors (Lipinski definition) is 2. The van der Waals surface area contributed by atoms with E-state index >= 15 is 0 Å². The molecular weight excluding hydrogens is 174 g/mol. The van der Waals surface area contributed by atoms with E-state index in [2.05, 4.69) is 12.2 Å². The third kappa shape index (κ3) is 3.38. The summed E-state index contributed by atoms with van der Waals surface area (Å²) in [7, 11) is 1.99. The van der Waals surface area contributed by atoms with Gasteiger partial charge in [0, 0.05) is 0 Å². The average molecular weight is 193 g/mol. The Kier molecular flexibility index (Phi) is 4.47. The van der Waals surface area contributed by atoms with Crippen molar-refractivity contribution in [3.8, 4) is 5.75 Å². The number of aromatic hydroxyl groups is 1.